The second-order valence-corrected chi connectivity index (χ2v) is 7.62. The maximum Gasteiger partial charge on any atom is 0.274 e. The predicted octanol–water partition coefficient (Wildman–Crippen LogP) is 0.971. The highest BCUT2D eigenvalue weighted by atomic mass is 32.2. The summed E-state index contributed by atoms with van der Waals surface area (Å²) in [6.45, 7) is 0.574. The van der Waals surface area contributed by atoms with Gasteiger partial charge in [0.25, 0.3) is 10.0 Å². The van der Waals surface area contributed by atoms with Crippen LogP contribution < -0.4 is 10.0 Å². The number of sulfonamides is 1. The average Bonchev–Trinajstić information content (AvgIpc) is 2.98. The second-order valence-electron chi connectivity index (χ2n) is 5.98. The Hall–Kier alpha value is -0.890. The van der Waals surface area contributed by atoms with E-state index in [1.807, 2.05) is 0 Å². The van der Waals surface area contributed by atoms with E-state index in [4.69, 9.17) is 4.42 Å². The van der Waals surface area contributed by atoms with Gasteiger partial charge in [-0.1, -0.05) is 6.42 Å². The molecule has 0 bridgehead atoms. The van der Waals surface area contributed by atoms with Crippen LogP contribution in [0.5, 0.6) is 0 Å². The molecule has 0 spiro atoms. The Labute approximate surface area is 125 Å². The Morgan fingerprint density at radius 3 is 2.76 bits per heavy atom. The lowest BCUT2D eigenvalue weighted by atomic mass is 10.1. The van der Waals surface area contributed by atoms with Crippen molar-refractivity contribution in [1.82, 2.24) is 10.0 Å². The molecule has 2 unspecified atom stereocenters. The molecule has 2 fully saturated rings. The molecule has 3 N–H and O–H groups in total. The van der Waals surface area contributed by atoms with Gasteiger partial charge in [-0.15, -0.1) is 0 Å². The van der Waals surface area contributed by atoms with Gasteiger partial charge >= 0.3 is 0 Å². The van der Waals surface area contributed by atoms with E-state index >= 15 is 0 Å². The summed E-state index contributed by atoms with van der Waals surface area (Å²) in [6, 6.07) is 3.55. The predicted molar refractivity (Wildman–Crippen MR) is 77.1 cm³/mol. The number of nitrogens with one attached hydrogen (secondary N) is 2. The molecule has 1 aromatic rings. The van der Waals surface area contributed by atoms with Crippen LogP contribution in [0.25, 0.3) is 0 Å². The van der Waals surface area contributed by atoms with Gasteiger partial charge in [0.2, 0.25) is 5.09 Å². The summed E-state index contributed by atoms with van der Waals surface area (Å²) in [7, 11) is -3.64. The van der Waals surface area contributed by atoms with E-state index in [-0.39, 0.29) is 23.7 Å². The van der Waals surface area contributed by atoms with Gasteiger partial charge in [0.15, 0.2) is 0 Å². The molecule has 21 heavy (non-hydrogen) atoms. The fourth-order valence-corrected chi connectivity index (χ4v) is 4.09. The molecule has 1 aromatic heterocycles. The molecule has 0 saturated heterocycles. The van der Waals surface area contributed by atoms with Crippen LogP contribution in [0, 0.1) is 5.92 Å². The van der Waals surface area contributed by atoms with Gasteiger partial charge in [-0.3, -0.25) is 0 Å². The summed E-state index contributed by atoms with van der Waals surface area (Å²) in [4.78, 5) is 0. The molecule has 0 amide bonds. The van der Waals surface area contributed by atoms with E-state index < -0.39 is 10.0 Å². The molecule has 0 radical (unpaired) electrons. The number of rotatable bonds is 7. The van der Waals surface area contributed by atoms with Gasteiger partial charge in [-0.05, 0) is 43.7 Å². The lowest BCUT2D eigenvalue weighted by Crippen LogP contribution is -2.38. The molecule has 118 valence electrons. The van der Waals surface area contributed by atoms with Gasteiger partial charge in [0.1, 0.15) is 5.76 Å². The van der Waals surface area contributed by atoms with Crippen LogP contribution in [0.2, 0.25) is 0 Å². The number of hydrogen-bond acceptors (Lipinski definition) is 5. The maximum atomic E-state index is 12.3. The number of aliphatic hydroxyl groups excluding tert-OH is 1. The minimum Gasteiger partial charge on any atom is -0.447 e. The van der Waals surface area contributed by atoms with Gasteiger partial charge in [-0.25, -0.2) is 13.1 Å². The lowest BCUT2D eigenvalue weighted by Gasteiger charge is -2.17. The van der Waals surface area contributed by atoms with Crippen LogP contribution in [-0.4, -0.2) is 32.2 Å². The molecule has 7 heteroatoms. The van der Waals surface area contributed by atoms with Gasteiger partial charge in [0, 0.05) is 18.7 Å². The molecular formula is C14H22N2O4S. The van der Waals surface area contributed by atoms with E-state index in [2.05, 4.69) is 10.0 Å². The first-order valence-electron chi connectivity index (χ1n) is 7.54. The lowest BCUT2D eigenvalue weighted by molar-refractivity contribution is 0.213. The van der Waals surface area contributed by atoms with E-state index in [1.54, 1.807) is 6.07 Å². The first kappa shape index (κ1) is 15.0. The zero-order valence-corrected chi connectivity index (χ0v) is 12.7. The topological polar surface area (TPSA) is 91.6 Å². The Balaban J connectivity index is 1.63. The third-order valence-electron chi connectivity index (χ3n) is 4.24. The van der Waals surface area contributed by atoms with E-state index in [9.17, 15) is 13.5 Å². The third-order valence-corrected chi connectivity index (χ3v) is 5.61. The molecule has 3 rings (SSSR count). The fraction of sp³-hybridized carbons (Fsp3) is 0.714. The number of aliphatic hydroxyl groups is 1. The Bertz CT molecular complexity index is 580. The molecule has 2 aliphatic carbocycles. The minimum atomic E-state index is -3.64. The molecular weight excluding hydrogens is 292 g/mol. The number of furan rings is 1. The zero-order valence-electron chi connectivity index (χ0n) is 11.9. The highest BCUT2D eigenvalue weighted by Gasteiger charge is 2.32. The van der Waals surface area contributed by atoms with Crippen LogP contribution in [0.3, 0.4) is 0 Å². The van der Waals surface area contributed by atoms with Crippen molar-refractivity contribution in [2.75, 3.05) is 6.61 Å². The largest absolute Gasteiger partial charge is 0.447 e. The van der Waals surface area contributed by atoms with E-state index in [0.717, 1.165) is 19.3 Å². The zero-order chi connectivity index (χ0) is 14.9. The molecule has 2 atom stereocenters. The Morgan fingerprint density at radius 1 is 1.24 bits per heavy atom. The van der Waals surface area contributed by atoms with Gasteiger partial charge in [0.05, 0.1) is 6.54 Å². The van der Waals surface area contributed by atoms with Gasteiger partial charge in [-0.2, -0.15) is 0 Å². The van der Waals surface area contributed by atoms with Crippen molar-refractivity contribution in [3.63, 3.8) is 0 Å². The molecule has 6 nitrogen and oxygen atoms in total. The summed E-state index contributed by atoms with van der Waals surface area (Å²) in [5, 5.41) is 12.5. The summed E-state index contributed by atoms with van der Waals surface area (Å²) >= 11 is 0. The molecule has 0 aromatic carbocycles. The molecule has 1 heterocycles. The standard InChI is InChI=1S/C14H22N2O4S/c17-9-10-2-1-3-13(10)16-21(18,19)14-7-6-12(20-14)8-15-11-4-5-11/h6-7,10-11,13,15-17H,1-5,8-9H2. The fourth-order valence-electron chi connectivity index (χ4n) is 2.80. The van der Waals surface area contributed by atoms with Crippen molar-refractivity contribution in [2.24, 2.45) is 5.92 Å². The summed E-state index contributed by atoms with van der Waals surface area (Å²) in [5.41, 5.74) is 0. The smallest absolute Gasteiger partial charge is 0.274 e. The van der Waals surface area contributed by atoms with Crippen molar-refractivity contribution >= 4 is 10.0 Å². The SMILES string of the molecule is O=S(=O)(NC1CCCC1CO)c1ccc(CNC2CC2)o1. The summed E-state index contributed by atoms with van der Waals surface area (Å²) < 4.78 is 32.7. The Kier molecular flexibility index (Phi) is 4.35. The van der Waals surface area contributed by atoms with Crippen molar-refractivity contribution < 1.29 is 17.9 Å². The van der Waals surface area contributed by atoms with Gasteiger partial charge < -0.3 is 14.8 Å². The monoisotopic (exact) mass is 314 g/mol. The van der Waals surface area contributed by atoms with E-state index in [1.165, 1.54) is 18.9 Å². The Morgan fingerprint density at radius 2 is 2.05 bits per heavy atom. The molecule has 2 saturated carbocycles. The van der Waals surface area contributed by atoms with Crippen molar-refractivity contribution in [2.45, 2.75) is 55.8 Å². The summed E-state index contributed by atoms with van der Waals surface area (Å²) in [6.07, 6.45) is 4.92. The second kappa shape index (κ2) is 6.08. The molecule has 2 aliphatic rings. The van der Waals surface area contributed by atoms with Crippen molar-refractivity contribution in [1.29, 1.82) is 0 Å². The van der Waals surface area contributed by atoms with Crippen LogP contribution >= 0.6 is 0 Å². The average molecular weight is 314 g/mol. The highest BCUT2D eigenvalue weighted by Crippen LogP contribution is 2.27. The first-order chi connectivity index (χ1) is 10.1. The van der Waals surface area contributed by atoms with E-state index in [0.29, 0.717) is 18.3 Å². The normalized spacial score (nSPS) is 26.3. The van der Waals surface area contributed by atoms with Crippen molar-refractivity contribution in [3.05, 3.63) is 17.9 Å². The van der Waals surface area contributed by atoms with Crippen LogP contribution in [0.4, 0.5) is 0 Å². The van der Waals surface area contributed by atoms with Crippen LogP contribution in [-0.2, 0) is 16.6 Å². The van der Waals surface area contributed by atoms with Crippen molar-refractivity contribution in [3.8, 4) is 0 Å². The van der Waals surface area contributed by atoms with Crippen LogP contribution in [0.15, 0.2) is 21.6 Å². The number of hydrogen-bond donors (Lipinski definition) is 3. The third kappa shape index (κ3) is 3.66. The first-order valence-corrected chi connectivity index (χ1v) is 9.02. The van der Waals surface area contributed by atoms with Crippen LogP contribution in [0.1, 0.15) is 37.9 Å². The molecule has 0 aliphatic heterocycles. The summed E-state index contributed by atoms with van der Waals surface area (Å²) in [5.74, 6) is 0.637. The highest BCUT2D eigenvalue weighted by molar-refractivity contribution is 7.89. The maximum absolute atomic E-state index is 12.3. The minimum absolute atomic E-state index is 0.00532. The quantitative estimate of drug-likeness (QED) is 0.697.